The van der Waals surface area contributed by atoms with Crippen molar-refractivity contribution in [2.24, 2.45) is 0 Å². The first-order valence-electron chi connectivity index (χ1n) is 4.99. The van der Waals surface area contributed by atoms with Crippen LogP contribution < -0.4 is 5.32 Å². The standard InChI is InChI=1S/C11H10N4O/c1-2-4-10-9(3-1)14-11(16-10)12-7-8-5-6-13-15-8/h1-6H,7H2,(H,12,14)(H,13,15). The molecule has 2 N–H and O–H groups in total. The van der Waals surface area contributed by atoms with Gasteiger partial charge in [0.1, 0.15) is 5.52 Å². The van der Waals surface area contributed by atoms with Gasteiger partial charge in [-0.3, -0.25) is 5.10 Å². The summed E-state index contributed by atoms with van der Waals surface area (Å²) in [6.45, 7) is 0.618. The van der Waals surface area contributed by atoms with E-state index in [-0.39, 0.29) is 0 Å². The Balaban J connectivity index is 1.79. The summed E-state index contributed by atoms with van der Waals surface area (Å²) in [6, 6.07) is 10.1. The van der Waals surface area contributed by atoms with Crippen molar-refractivity contribution in [1.29, 1.82) is 0 Å². The summed E-state index contributed by atoms with van der Waals surface area (Å²) in [4.78, 5) is 4.30. The minimum Gasteiger partial charge on any atom is -0.424 e. The number of aromatic nitrogens is 3. The number of rotatable bonds is 3. The summed E-state index contributed by atoms with van der Waals surface area (Å²) >= 11 is 0. The van der Waals surface area contributed by atoms with Crippen LogP contribution in [0.3, 0.4) is 0 Å². The number of H-pyrrole nitrogens is 1. The number of para-hydroxylation sites is 2. The van der Waals surface area contributed by atoms with Crippen LogP contribution in [0, 0.1) is 0 Å². The van der Waals surface area contributed by atoms with Gasteiger partial charge < -0.3 is 9.73 Å². The highest BCUT2D eigenvalue weighted by atomic mass is 16.4. The molecule has 3 rings (SSSR count). The SMILES string of the molecule is c1ccc2oc(NCc3ccn[nH]3)nc2c1. The Morgan fingerprint density at radius 2 is 2.19 bits per heavy atom. The Hall–Kier alpha value is -2.30. The first-order valence-corrected chi connectivity index (χ1v) is 4.99. The molecule has 0 spiro atoms. The van der Waals surface area contributed by atoms with Crippen molar-refractivity contribution in [3.05, 3.63) is 42.2 Å². The maximum atomic E-state index is 5.51. The number of hydrogen-bond donors (Lipinski definition) is 2. The molecular weight excluding hydrogens is 204 g/mol. The van der Waals surface area contributed by atoms with Gasteiger partial charge in [0.15, 0.2) is 5.58 Å². The van der Waals surface area contributed by atoms with Gasteiger partial charge in [-0.1, -0.05) is 12.1 Å². The van der Waals surface area contributed by atoms with Crippen molar-refractivity contribution in [1.82, 2.24) is 15.2 Å². The van der Waals surface area contributed by atoms with E-state index in [4.69, 9.17) is 4.42 Å². The molecule has 16 heavy (non-hydrogen) atoms. The summed E-state index contributed by atoms with van der Waals surface area (Å²) < 4.78 is 5.51. The number of anilines is 1. The van der Waals surface area contributed by atoms with E-state index in [1.807, 2.05) is 30.3 Å². The molecule has 0 unspecified atom stereocenters. The zero-order valence-corrected chi connectivity index (χ0v) is 8.47. The third-order valence-corrected chi connectivity index (χ3v) is 2.28. The van der Waals surface area contributed by atoms with E-state index >= 15 is 0 Å². The third kappa shape index (κ3) is 1.63. The number of fused-ring (bicyclic) bond motifs is 1. The molecule has 5 heteroatoms. The lowest BCUT2D eigenvalue weighted by Crippen LogP contribution is -1.99. The van der Waals surface area contributed by atoms with Gasteiger partial charge in [0.25, 0.3) is 6.01 Å². The van der Waals surface area contributed by atoms with Crippen LogP contribution in [0.15, 0.2) is 40.9 Å². The van der Waals surface area contributed by atoms with Crippen molar-refractivity contribution >= 4 is 17.1 Å². The predicted octanol–water partition coefficient (Wildman–Crippen LogP) is 2.16. The van der Waals surface area contributed by atoms with Crippen LogP contribution >= 0.6 is 0 Å². The molecule has 0 aliphatic carbocycles. The van der Waals surface area contributed by atoms with Gasteiger partial charge in [-0.15, -0.1) is 0 Å². The number of hydrogen-bond acceptors (Lipinski definition) is 4. The number of nitrogens with one attached hydrogen (secondary N) is 2. The maximum Gasteiger partial charge on any atom is 0.296 e. The van der Waals surface area contributed by atoms with Gasteiger partial charge in [-0.2, -0.15) is 10.1 Å². The van der Waals surface area contributed by atoms with Crippen LogP contribution in [0.4, 0.5) is 6.01 Å². The fraction of sp³-hybridized carbons (Fsp3) is 0.0909. The molecule has 0 aliphatic heterocycles. The largest absolute Gasteiger partial charge is 0.424 e. The van der Waals surface area contributed by atoms with Crippen LogP contribution in [0.25, 0.3) is 11.1 Å². The van der Waals surface area contributed by atoms with Crippen LogP contribution in [0.2, 0.25) is 0 Å². The van der Waals surface area contributed by atoms with Crippen LogP contribution in [-0.2, 0) is 6.54 Å². The molecule has 0 radical (unpaired) electrons. The van der Waals surface area contributed by atoms with Crippen molar-refractivity contribution < 1.29 is 4.42 Å². The van der Waals surface area contributed by atoms with Crippen molar-refractivity contribution in [3.8, 4) is 0 Å². The highest BCUT2D eigenvalue weighted by Crippen LogP contribution is 2.18. The average molecular weight is 214 g/mol. The number of benzene rings is 1. The average Bonchev–Trinajstić information content (AvgIpc) is 2.95. The highest BCUT2D eigenvalue weighted by Gasteiger charge is 2.03. The summed E-state index contributed by atoms with van der Waals surface area (Å²) in [5, 5.41) is 9.81. The second-order valence-corrected chi connectivity index (χ2v) is 3.42. The van der Waals surface area contributed by atoms with E-state index in [9.17, 15) is 0 Å². The smallest absolute Gasteiger partial charge is 0.296 e. The first-order chi connectivity index (χ1) is 7.92. The Kier molecular flexibility index (Phi) is 2.07. The number of oxazole rings is 1. The fourth-order valence-electron chi connectivity index (χ4n) is 1.50. The van der Waals surface area contributed by atoms with E-state index in [0.29, 0.717) is 12.6 Å². The zero-order chi connectivity index (χ0) is 10.8. The quantitative estimate of drug-likeness (QED) is 0.701. The minimum absolute atomic E-state index is 0.524. The summed E-state index contributed by atoms with van der Waals surface area (Å²) in [7, 11) is 0. The fourth-order valence-corrected chi connectivity index (χ4v) is 1.50. The minimum atomic E-state index is 0.524. The Labute approximate surface area is 91.5 Å². The predicted molar refractivity (Wildman–Crippen MR) is 59.9 cm³/mol. The molecule has 2 aromatic heterocycles. The van der Waals surface area contributed by atoms with Crippen molar-refractivity contribution in [3.63, 3.8) is 0 Å². The van der Waals surface area contributed by atoms with Gasteiger partial charge >= 0.3 is 0 Å². The number of aromatic amines is 1. The second-order valence-electron chi connectivity index (χ2n) is 3.42. The monoisotopic (exact) mass is 214 g/mol. The highest BCUT2D eigenvalue weighted by molar-refractivity contribution is 5.74. The topological polar surface area (TPSA) is 66.7 Å². The summed E-state index contributed by atoms with van der Waals surface area (Å²) in [5.74, 6) is 0. The molecule has 0 fully saturated rings. The Morgan fingerprint density at radius 1 is 1.25 bits per heavy atom. The molecule has 3 aromatic rings. The van der Waals surface area contributed by atoms with Crippen molar-refractivity contribution in [2.45, 2.75) is 6.54 Å². The lowest BCUT2D eigenvalue weighted by Gasteiger charge is -1.96. The molecule has 0 atom stereocenters. The van der Waals surface area contributed by atoms with E-state index < -0.39 is 0 Å². The summed E-state index contributed by atoms with van der Waals surface area (Å²) in [6.07, 6.45) is 1.71. The molecular formula is C11H10N4O. The molecule has 0 saturated heterocycles. The molecule has 1 aromatic carbocycles. The first kappa shape index (κ1) is 8.96. The Morgan fingerprint density at radius 3 is 3.00 bits per heavy atom. The van der Waals surface area contributed by atoms with E-state index in [2.05, 4.69) is 20.5 Å². The molecule has 5 nitrogen and oxygen atoms in total. The summed E-state index contributed by atoms with van der Waals surface area (Å²) in [5.41, 5.74) is 2.63. The van der Waals surface area contributed by atoms with Crippen LogP contribution in [-0.4, -0.2) is 15.2 Å². The van der Waals surface area contributed by atoms with E-state index in [1.165, 1.54) is 0 Å². The van der Waals surface area contributed by atoms with Crippen LogP contribution in [0.5, 0.6) is 0 Å². The van der Waals surface area contributed by atoms with Crippen molar-refractivity contribution in [2.75, 3.05) is 5.32 Å². The molecule has 2 heterocycles. The molecule has 0 aliphatic rings. The van der Waals surface area contributed by atoms with Gasteiger partial charge in [0.2, 0.25) is 0 Å². The molecule has 0 amide bonds. The third-order valence-electron chi connectivity index (χ3n) is 2.28. The number of nitrogens with zero attached hydrogens (tertiary/aromatic N) is 2. The molecule has 80 valence electrons. The van der Waals surface area contributed by atoms with Gasteiger partial charge in [-0.05, 0) is 18.2 Å². The maximum absolute atomic E-state index is 5.51. The normalized spacial score (nSPS) is 10.8. The Bertz CT molecular complexity index is 552. The van der Waals surface area contributed by atoms with Gasteiger partial charge in [0, 0.05) is 6.20 Å². The van der Waals surface area contributed by atoms with Gasteiger partial charge in [-0.25, -0.2) is 0 Å². The lowest BCUT2D eigenvalue weighted by atomic mass is 10.3. The van der Waals surface area contributed by atoms with E-state index in [0.717, 1.165) is 16.8 Å². The van der Waals surface area contributed by atoms with Gasteiger partial charge in [0.05, 0.1) is 12.2 Å². The van der Waals surface area contributed by atoms with E-state index in [1.54, 1.807) is 6.20 Å². The molecule has 0 bridgehead atoms. The van der Waals surface area contributed by atoms with Crippen LogP contribution in [0.1, 0.15) is 5.69 Å². The molecule has 0 saturated carbocycles. The second kappa shape index (κ2) is 3.69. The zero-order valence-electron chi connectivity index (χ0n) is 8.47. The lowest BCUT2D eigenvalue weighted by molar-refractivity contribution is 0.613.